The molecule has 4 N–H and O–H groups in total. The summed E-state index contributed by atoms with van der Waals surface area (Å²) >= 11 is 0. The number of nitrogens with zero attached hydrogens (tertiary/aromatic N) is 3. The third-order valence-electron chi connectivity index (χ3n) is 8.02. The van der Waals surface area contributed by atoms with Crippen LogP contribution in [-0.4, -0.2) is 91.7 Å². The Morgan fingerprint density at radius 1 is 0.630 bits per heavy atom. The zero-order valence-electron chi connectivity index (χ0n) is 33.6. The molecule has 2 saturated heterocycles. The van der Waals surface area contributed by atoms with E-state index in [1.807, 2.05) is 57.2 Å². The number of carbonyl (C=O) groups excluding carboxylic acids is 3. The normalized spacial score (nSPS) is 15.3. The van der Waals surface area contributed by atoms with Crippen molar-refractivity contribution < 1.29 is 68.4 Å². The summed E-state index contributed by atoms with van der Waals surface area (Å²) in [5.74, 6) is 3.19. The van der Waals surface area contributed by atoms with E-state index in [0.717, 1.165) is 72.7 Å². The molecule has 2 fully saturated rings. The van der Waals surface area contributed by atoms with Gasteiger partial charge in [0.1, 0.15) is 28.5 Å². The van der Waals surface area contributed by atoms with E-state index in [-0.39, 0.29) is 41.1 Å². The van der Waals surface area contributed by atoms with Crippen LogP contribution in [0.25, 0.3) is 22.1 Å². The van der Waals surface area contributed by atoms with Crippen molar-refractivity contribution in [3.05, 3.63) is 60.2 Å². The SMILES string of the molecule is CC(C)(C)OC(=O)N1CCC(c2nc3ccccc3[nH]2)CC1.CC(C)(C)OC(=O)OC(=O)OC(C)(C)C.[Na+].[OH-].c1ccc2[nH]c(C3CCNCC3)nc2c1. The number of carbonyl (C=O) groups is 3. The molecule has 2 aliphatic heterocycles. The number of H-pyrrole nitrogens is 2. The van der Waals surface area contributed by atoms with Crippen LogP contribution in [0.2, 0.25) is 0 Å². The quantitative estimate of drug-likeness (QED) is 0.103. The van der Waals surface area contributed by atoms with Crippen molar-refractivity contribution in [2.24, 2.45) is 0 Å². The Kier molecular flexibility index (Phi) is 17.5. The van der Waals surface area contributed by atoms with Gasteiger partial charge in [0.05, 0.1) is 22.1 Å². The van der Waals surface area contributed by atoms with Crippen molar-refractivity contribution in [3.63, 3.8) is 0 Å². The minimum atomic E-state index is -1.06. The fourth-order valence-corrected chi connectivity index (χ4v) is 5.70. The molecule has 0 aliphatic carbocycles. The zero-order chi connectivity index (χ0) is 38.1. The number of para-hydroxylation sites is 4. The molecular weight excluding hydrogens is 703 g/mol. The minimum Gasteiger partial charge on any atom is -0.870 e. The summed E-state index contributed by atoms with van der Waals surface area (Å²) in [6, 6.07) is 16.3. The van der Waals surface area contributed by atoms with Gasteiger partial charge in [0.25, 0.3) is 0 Å². The molecule has 6 rings (SSSR count). The molecule has 2 aromatic heterocycles. The van der Waals surface area contributed by atoms with Gasteiger partial charge in [0.15, 0.2) is 0 Å². The molecule has 4 aromatic rings. The molecule has 14 nitrogen and oxygen atoms in total. The summed E-state index contributed by atoms with van der Waals surface area (Å²) in [6.45, 7) is 19.4. The number of nitrogens with one attached hydrogen (secondary N) is 3. The van der Waals surface area contributed by atoms with Crippen LogP contribution in [0.3, 0.4) is 0 Å². The van der Waals surface area contributed by atoms with Gasteiger partial charge in [-0.05, 0) is 125 Å². The Hall–Kier alpha value is -3.69. The van der Waals surface area contributed by atoms with Crippen LogP contribution in [0.15, 0.2) is 48.5 Å². The molecule has 0 spiro atoms. The molecule has 54 heavy (non-hydrogen) atoms. The number of ether oxygens (including phenoxy) is 4. The number of aromatic amines is 2. The van der Waals surface area contributed by atoms with Crippen molar-refractivity contribution >= 4 is 40.5 Å². The maximum Gasteiger partial charge on any atom is 1.00 e. The van der Waals surface area contributed by atoms with Crippen LogP contribution in [0, 0.1) is 0 Å². The van der Waals surface area contributed by atoms with Gasteiger partial charge in [-0.2, -0.15) is 0 Å². The van der Waals surface area contributed by atoms with Crippen molar-refractivity contribution in [1.29, 1.82) is 0 Å². The number of fused-ring (bicyclic) bond motifs is 2. The van der Waals surface area contributed by atoms with Gasteiger partial charge >= 0.3 is 48.0 Å². The van der Waals surface area contributed by atoms with E-state index >= 15 is 0 Å². The third-order valence-corrected chi connectivity index (χ3v) is 8.02. The monoisotopic (exact) mass is 760 g/mol. The van der Waals surface area contributed by atoms with E-state index in [1.54, 1.807) is 46.4 Å². The Morgan fingerprint density at radius 2 is 1.02 bits per heavy atom. The Balaban J connectivity index is 0.000000283. The third kappa shape index (κ3) is 15.6. The number of amides is 1. The van der Waals surface area contributed by atoms with Gasteiger partial charge in [-0.3, -0.25) is 0 Å². The van der Waals surface area contributed by atoms with Gasteiger partial charge in [0, 0.05) is 24.9 Å². The van der Waals surface area contributed by atoms with Crippen molar-refractivity contribution in [3.8, 4) is 0 Å². The molecule has 4 heterocycles. The fraction of sp³-hybridized carbons (Fsp3) is 0.564. The van der Waals surface area contributed by atoms with Crippen LogP contribution >= 0.6 is 0 Å². The van der Waals surface area contributed by atoms with Crippen LogP contribution in [0.1, 0.15) is 111 Å². The second-order valence-corrected chi connectivity index (χ2v) is 16.1. The molecule has 1 amide bonds. The van der Waals surface area contributed by atoms with Crippen molar-refractivity contribution in [2.45, 2.75) is 117 Å². The molecule has 0 bridgehead atoms. The molecular formula is C39H57N6NaO8. The molecule has 0 saturated carbocycles. The fourth-order valence-electron chi connectivity index (χ4n) is 5.70. The molecule has 2 aliphatic rings. The summed E-state index contributed by atoms with van der Waals surface area (Å²) in [5, 5.41) is 3.38. The largest absolute Gasteiger partial charge is 1.00 e. The van der Waals surface area contributed by atoms with E-state index in [9.17, 15) is 14.4 Å². The molecule has 0 unspecified atom stereocenters. The number of hydrogen-bond donors (Lipinski definition) is 3. The molecule has 2 aromatic carbocycles. The van der Waals surface area contributed by atoms with Crippen molar-refractivity contribution in [1.82, 2.24) is 30.2 Å². The molecule has 292 valence electrons. The molecule has 0 radical (unpaired) electrons. The van der Waals surface area contributed by atoms with E-state index in [1.165, 1.54) is 12.8 Å². The summed E-state index contributed by atoms with van der Waals surface area (Å²) in [4.78, 5) is 52.1. The summed E-state index contributed by atoms with van der Waals surface area (Å²) < 4.78 is 19.2. The van der Waals surface area contributed by atoms with Crippen LogP contribution < -0.4 is 34.9 Å². The van der Waals surface area contributed by atoms with Gasteiger partial charge in [0.2, 0.25) is 0 Å². The Morgan fingerprint density at radius 3 is 1.41 bits per heavy atom. The number of likely N-dealkylation sites (tertiary alicyclic amines) is 1. The first-order chi connectivity index (χ1) is 24.3. The van der Waals surface area contributed by atoms with Gasteiger partial charge in [-0.1, -0.05) is 24.3 Å². The van der Waals surface area contributed by atoms with E-state index in [4.69, 9.17) is 14.2 Å². The first-order valence-corrected chi connectivity index (χ1v) is 18.1. The maximum atomic E-state index is 12.1. The Labute approximate surface area is 340 Å². The maximum absolute atomic E-state index is 12.1. The van der Waals surface area contributed by atoms with Gasteiger partial charge < -0.3 is 44.6 Å². The van der Waals surface area contributed by atoms with E-state index in [2.05, 4.69) is 42.1 Å². The topological polar surface area (TPSA) is 191 Å². The van der Waals surface area contributed by atoms with Crippen LogP contribution in [0.5, 0.6) is 0 Å². The first-order valence-electron chi connectivity index (χ1n) is 18.1. The summed E-state index contributed by atoms with van der Waals surface area (Å²) in [6.07, 6.45) is 1.89. The first kappa shape index (κ1) is 46.5. The number of imidazole rings is 2. The van der Waals surface area contributed by atoms with E-state index < -0.39 is 29.1 Å². The Bertz CT molecular complexity index is 1680. The minimum absolute atomic E-state index is 0. The number of hydrogen-bond acceptors (Lipinski definition) is 11. The number of piperidine rings is 2. The summed E-state index contributed by atoms with van der Waals surface area (Å²) in [7, 11) is 0. The molecule has 0 atom stereocenters. The van der Waals surface area contributed by atoms with Crippen molar-refractivity contribution in [2.75, 3.05) is 26.2 Å². The second kappa shape index (κ2) is 20.3. The average molecular weight is 761 g/mol. The van der Waals surface area contributed by atoms with E-state index in [0.29, 0.717) is 11.8 Å². The summed E-state index contributed by atoms with van der Waals surface area (Å²) in [5.41, 5.74) is 2.50. The predicted octanol–water partition coefficient (Wildman–Crippen LogP) is 5.41. The van der Waals surface area contributed by atoms with Crippen LogP contribution in [0.4, 0.5) is 14.4 Å². The van der Waals surface area contributed by atoms with Gasteiger partial charge in [-0.25, -0.2) is 24.4 Å². The standard InChI is InChI=1S/C17H23N3O2.C12H15N3.C10H18O5.Na.H2O/c1-17(2,3)22-16(21)20-10-8-12(9-11-20)15-18-13-6-4-5-7-14(13)19-15;1-2-4-11-10(3-1)14-12(15-11)9-5-7-13-8-6-9;1-9(2,3)14-7(11)13-8(12)15-10(4,5)6;;/h4-7,12H,8-11H2,1-3H3,(H,18,19);1-4,9,13H,5-8H2,(H,14,15);1-6H3;;1H2/q;;;+1;/p-1. The number of benzene rings is 2. The number of aromatic nitrogens is 4. The zero-order valence-corrected chi connectivity index (χ0v) is 35.6. The average Bonchev–Trinajstić information content (AvgIpc) is 3.68. The molecule has 15 heteroatoms. The number of rotatable bonds is 2. The smallest absolute Gasteiger partial charge is 0.870 e. The van der Waals surface area contributed by atoms with Gasteiger partial charge in [-0.15, -0.1) is 0 Å². The second-order valence-electron chi connectivity index (χ2n) is 16.1. The van der Waals surface area contributed by atoms with Crippen LogP contribution in [-0.2, 0) is 18.9 Å². The predicted molar refractivity (Wildman–Crippen MR) is 202 cm³/mol.